The monoisotopic (exact) mass is 317 g/mol. The number of carboxylic acids is 1. The van der Waals surface area contributed by atoms with Gasteiger partial charge in [-0.1, -0.05) is 23.7 Å². The van der Waals surface area contributed by atoms with Crippen LogP contribution in [0.15, 0.2) is 30.5 Å². The van der Waals surface area contributed by atoms with Gasteiger partial charge in [-0.2, -0.15) is 0 Å². The van der Waals surface area contributed by atoms with Crippen LogP contribution in [-0.2, 0) is 0 Å². The molecule has 1 N–H and O–H groups in total. The van der Waals surface area contributed by atoms with Crippen molar-refractivity contribution in [3.63, 3.8) is 0 Å². The molecule has 5 nitrogen and oxygen atoms in total. The van der Waals surface area contributed by atoms with Crippen LogP contribution in [-0.4, -0.2) is 34.6 Å². The lowest BCUT2D eigenvalue weighted by molar-refractivity contribution is 0.0690. The zero-order valence-corrected chi connectivity index (χ0v) is 12.9. The summed E-state index contributed by atoms with van der Waals surface area (Å²) in [4.78, 5) is 21.8. The number of aromatic nitrogens is 2. The zero-order chi connectivity index (χ0) is 15.7. The molecule has 0 aliphatic heterocycles. The van der Waals surface area contributed by atoms with E-state index in [1.165, 1.54) is 19.0 Å². The number of rotatable bonds is 5. The van der Waals surface area contributed by atoms with E-state index < -0.39 is 5.97 Å². The first-order valence-electron chi connectivity index (χ1n) is 7.12. The van der Waals surface area contributed by atoms with Crippen LogP contribution in [0.2, 0.25) is 5.02 Å². The maximum atomic E-state index is 11.2. The predicted molar refractivity (Wildman–Crippen MR) is 85.4 cm³/mol. The summed E-state index contributed by atoms with van der Waals surface area (Å²) in [7, 11) is 1.96. The van der Waals surface area contributed by atoms with Crippen LogP contribution >= 0.6 is 11.6 Å². The Morgan fingerprint density at radius 2 is 2.05 bits per heavy atom. The molecule has 6 heteroatoms. The van der Waals surface area contributed by atoms with E-state index in [9.17, 15) is 4.79 Å². The maximum Gasteiger partial charge on any atom is 0.356 e. The minimum Gasteiger partial charge on any atom is -0.476 e. The Morgan fingerprint density at radius 3 is 2.64 bits per heavy atom. The topological polar surface area (TPSA) is 66.3 Å². The van der Waals surface area contributed by atoms with E-state index in [1.54, 1.807) is 12.1 Å². The molecule has 1 aliphatic carbocycles. The van der Waals surface area contributed by atoms with Crippen LogP contribution in [0.25, 0.3) is 11.3 Å². The quantitative estimate of drug-likeness (QED) is 0.916. The third kappa shape index (κ3) is 3.20. The van der Waals surface area contributed by atoms with E-state index >= 15 is 0 Å². The van der Waals surface area contributed by atoms with E-state index in [0.717, 1.165) is 12.1 Å². The molecule has 2 aromatic rings. The van der Waals surface area contributed by atoms with E-state index in [4.69, 9.17) is 16.7 Å². The second kappa shape index (κ2) is 5.93. The van der Waals surface area contributed by atoms with Crippen LogP contribution in [0.1, 0.15) is 23.3 Å². The highest BCUT2D eigenvalue weighted by Crippen LogP contribution is 2.33. The zero-order valence-electron chi connectivity index (χ0n) is 12.2. The van der Waals surface area contributed by atoms with E-state index in [1.807, 2.05) is 24.1 Å². The predicted octanol–water partition coefficient (Wildman–Crippen LogP) is 3.34. The fourth-order valence-electron chi connectivity index (χ4n) is 2.34. The van der Waals surface area contributed by atoms with Crippen molar-refractivity contribution in [2.24, 2.45) is 5.92 Å². The molecule has 114 valence electrons. The van der Waals surface area contributed by atoms with Crippen molar-refractivity contribution in [3.05, 3.63) is 41.2 Å². The summed E-state index contributed by atoms with van der Waals surface area (Å²) in [6, 6.07) is 7.17. The molecule has 0 amide bonds. The van der Waals surface area contributed by atoms with Crippen molar-refractivity contribution < 1.29 is 9.90 Å². The SMILES string of the molecule is CN(CC1CC1)c1ncc(C(=O)O)nc1-c1ccc(Cl)cc1. The van der Waals surface area contributed by atoms with Gasteiger partial charge in [0.15, 0.2) is 11.5 Å². The standard InChI is InChI=1S/C16H16ClN3O2/c1-20(9-10-2-3-10)15-14(11-4-6-12(17)7-5-11)19-13(8-18-15)16(21)22/h4-8,10H,2-3,9H2,1H3,(H,21,22). The molecule has 1 aromatic carbocycles. The van der Waals surface area contributed by atoms with Gasteiger partial charge in [-0.15, -0.1) is 0 Å². The maximum absolute atomic E-state index is 11.2. The van der Waals surface area contributed by atoms with Gasteiger partial charge in [-0.05, 0) is 30.9 Å². The Labute approximate surface area is 133 Å². The Balaban J connectivity index is 2.03. The number of hydrogen-bond donors (Lipinski definition) is 1. The smallest absolute Gasteiger partial charge is 0.356 e. The summed E-state index contributed by atoms with van der Waals surface area (Å²) < 4.78 is 0. The number of carbonyl (C=O) groups is 1. The molecule has 1 heterocycles. The van der Waals surface area contributed by atoms with Gasteiger partial charge < -0.3 is 10.0 Å². The number of benzene rings is 1. The average molecular weight is 318 g/mol. The van der Waals surface area contributed by atoms with Gasteiger partial charge in [0.05, 0.1) is 6.20 Å². The minimum atomic E-state index is -1.08. The number of hydrogen-bond acceptors (Lipinski definition) is 4. The molecular weight excluding hydrogens is 302 g/mol. The molecule has 1 aromatic heterocycles. The van der Waals surface area contributed by atoms with E-state index in [2.05, 4.69) is 9.97 Å². The summed E-state index contributed by atoms with van der Waals surface area (Å²) in [6.45, 7) is 0.904. The highest BCUT2D eigenvalue weighted by atomic mass is 35.5. The van der Waals surface area contributed by atoms with Crippen LogP contribution in [0.5, 0.6) is 0 Å². The number of aromatic carboxylic acids is 1. The molecule has 1 aliphatic rings. The third-order valence-electron chi connectivity index (χ3n) is 3.68. The van der Waals surface area contributed by atoms with Crippen molar-refractivity contribution in [2.75, 3.05) is 18.5 Å². The van der Waals surface area contributed by atoms with Crippen LogP contribution in [0.4, 0.5) is 5.82 Å². The molecule has 0 atom stereocenters. The van der Waals surface area contributed by atoms with Gasteiger partial charge in [-0.3, -0.25) is 0 Å². The van der Waals surface area contributed by atoms with Gasteiger partial charge in [0.25, 0.3) is 0 Å². The molecule has 3 rings (SSSR count). The van der Waals surface area contributed by atoms with E-state index in [0.29, 0.717) is 22.5 Å². The van der Waals surface area contributed by atoms with Gasteiger partial charge in [0.2, 0.25) is 0 Å². The van der Waals surface area contributed by atoms with Gasteiger partial charge in [-0.25, -0.2) is 14.8 Å². The first-order valence-corrected chi connectivity index (χ1v) is 7.50. The van der Waals surface area contributed by atoms with Crippen molar-refractivity contribution in [3.8, 4) is 11.3 Å². The molecule has 0 bridgehead atoms. The van der Waals surface area contributed by atoms with Crippen LogP contribution < -0.4 is 4.90 Å². The van der Waals surface area contributed by atoms with Crippen LogP contribution in [0.3, 0.4) is 0 Å². The fourth-order valence-corrected chi connectivity index (χ4v) is 2.47. The van der Waals surface area contributed by atoms with Crippen LogP contribution in [0, 0.1) is 5.92 Å². The molecule has 0 spiro atoms. The average Bonchev–Trinajstić information content (AvgIpc) is 3.31. The highest BCUT2D eigenvalue weighted by Gasteiger charge is 2.25. The number of nitrogens with zero attached hydrogens (tertiary/aromatic N) is 3. The second-order valence-electron chi connectivity index (χ2n) is 5.56. The minimum absolute atomic E-state index is 0.0616. The Hall–Kier alpha value is -2.14. The molecule has 0 saturated heterocycles. The lowest BCUT2D eigenvalue weighted by Gasteiger charge is -2.20. The van der Waals surface area contributed by atoms with Crippen molar-refractivity contribution in [1.82, 2.24) is 9.97 Å². The summed E-state index contributed by atoms with van der Waals surface area (Å²) in [5.74, 6) is 0.308. The fraction of sp³-hybridized carbons (Fsp3) is 0.312. The Kier molecular flexibility index (Phi) is 3.98. The normalized spacial score (nSPS) is 13.9. The summed E-state index contributed by atoms with van der Waals surface area (Å²) in [5.41, 5.74) is 1.31. The summed E-state index contributed by atoms with van der Waals surface area (Å²) >= 11 is 5.92. The molecule has 0 unspecified atom stereocenters. The van der Waals surface area contributed by atoms with Crippen molar-refractivity contribution >= 4 is 23.4 Å². The first kappa shape index (κ1) is 14.8. The van der Waals surface area contributed by atoms with Gasteiger partial charge >= 0.3 is 5.97 Å². The molecular formula is C16H16ClN3O2. The Bertz CT molecular complexity index is 699. The van der Waals surface area contributed by atoms with Crippen molar-refractivity contribution in [2.45, 2.75) is 12.8 Å². The lowest BCUT2D eigenvalue weighted by Crippen LogP contribution is -2.23. The number of halogens is 1. The highest BCUT2D eigenvalue weighted by molar-refractivity contribution is 6.30. The number of carboxylic acid groups (broad SMARTS) is 1. The number of anilines is 1. The molecule has 0 radical (unpaired) electrons. The largest absolute Gasteiger partial charge is 0.476 e. The summed E-state index contributed by atoms with van der Waals surface area (Å²) in [5, 5.41) is 9.77. The lowest BCUT2D eigenvalue weighted by atomic mass is 10.1. The van der Waals surface area contributed by atoms with Gasteiger partial charge in [0.1, 0.15) is 5.69 Å². The third-order valence-corrected chi connectivity index (χ3v) is 3.93. The molecule has 22 heavy (non-hydrogen) atoms. The summed E-state index contributed by atoms with van der Waals surface area (Å²) in [6.07, 6.45) is 3.78. The van der Waals surface area contributed by atoms with E-state index in [-0.39, 0.29) is 5.69 Å². The molecule has 1 saturated carbocycles. The molecule has 1 fully saturated rings. The Morgan fingerprint density at radius 1 is 1.36 bits per heavy atom. The first-order chi connectivity index (χ1) is 10.5. The second-order valence-corrected chi connectivity index (χ2v) is 6.00. The van der Waals surface area contributed by atoms with Gasteiger partial charge in [0, 0.05) is 24.2 Å². The van der Waals surface area contributed by atoms with Crippen molar-refractivity contribution in [1.29, 1.82) is 0 Å².